The molecular formula is C14H28OSi2. The van der Waals surface area contributed by atoms with E-state index in [0.717, 1.165) is 6.42 Å². The first-order valence-electron chi connectivity index (χ1n) is 6.75. The summed E-state index contributed by atoms with van der Waals surface area (Å²) >= 11 is 0. The highest BCUT2D eigenvalue weighted by molar-refractivity contribution is 6.80. The molecule has 0 spiro atoms. The van der Waals surface area contributed by atoms with Crippen LogP contribution in [0, 0.1) is 5.92 Å². The van der Waals surface area contributed by atoms with Gasteiger partial charge in [0.25, 0.3) is 0 Å². The quantitative estimate of drug-likeness (QED) is 0.655. The third-order valence-electron chi connectivity index (χ3n) is 2.64. The van der Waals surface area contributed by atoms with Crippen molar-refractivity contribution < 1.29 is 4.43 Å². The molecule has 1 rings (SSSR count). The topological polar surface area (TPSA) is 9.23 Å². The van der Waals surface area contributed by atoms with E-state index in [4.69, 9.17) is 4.43 Å². The Labute approximate surface area is 109 Å². The summed E-state index contributed by atoms with van der Waals surface area (Å²) in [6, 6.07) is 0. The Hall–Kier alpha value is -0.286. The molecule has 1 aliphatic rings. The van der Waals surface area contributed by atoms with Crippen molar-refractivity contribution in [2.75, 3.05) is 0 Å². The van der Waals surface area contributed by atoms with E-state index in [1.807, 2.05) is 0 Å². The van der Waals surface area contributed by atoms with Crippen LogP contribution in [-0.4, -0.2) is 16.4 Å². The van der Waals surface area contributed by atoms with E-state index in [1.54, 1.807) is 0 Å². The average molecular weight is 269 g/mol. The third-order valence-corrected chi connectivity index (χ3v) is 4.71. The van der Waals surface area contributed by atoms with Crippen LogP contribution in [0.5, 0.6) is 0 Å². The van der Waals surface area contributed by atoms with Gasteiger partial charge in [-0.25, -0.2) is 0 Å². The molecule has 0 aromatic heterocycles. The van der Waals surface area contributed by atoms with Gasteiger partial charge in [-0.1, -0.05) is 31.4 Å². The van der Waals surface area contributed by atoms with Gasteiger partial charge in [0, 0.05) is 6.42 Å². The van der Waals surface area contributed by atoms with Gasteiger partial charge in [0.2, 0.25) is 8.32 Å². The van der Waals surface area contributed by atoms with Gasteiger partial charge in [-0.05, 0) is 44.5 Å². The highest BCUT2D eigenvalue weighted by atomic mass is 28.4. The Morgan fingerprint density at radius 1 is 1.18 bits per heavy atom. The Bertz CT molecular complexity index is 305. The molecule has 0 bridgehead atoms. The number of rotatable bonds is 4. The van der Waals surface area contributed by atoms with E-state index in [-0.39, 0.29) is 0 Å². The molecule has 0 amide bonds. The van der Waals surface area contributed by atoms with Crippen LogP contribution < -0.4 is 0 Å². The van der Waals surface area contributed by atoms with Gasteiger partial charge in [0.15, 0.2) is 0 Å². The Balaban J connectivity index is 2.64. The predicted molar refractivity (Wildman–Crippen MR) is 82.3 cm³/mol. The highest BCUT2D eigenvalue weighted by Gasteiger charge is 2.20. The minimum atomic E-state index is -1.42. The fraction of sp³-hybridized carbons (Fsp3) is 0.714. The van der Waals surface area contributed by atoms with Crippen molar-refractivity contribution in [3.8, 4) is 0 Å². The van der Waals surface area contributed by atoms with Crippen LogP contribution in [0.4, 0.5) is 0 Å². The van der Waals surface area contributed by atoms with E-state index in [2.05, 4.69) is 57.1 Å². The fourth-order valence-electron chi connectivity index (χ4n) is 1.96. The summed E-state index contributed by atoms with van der Waals surface area (Å²) in [5.41, 5.74) is 2.46. The van der Waals surface area contributed by atoms with Crippen LogP contribution in [-0.2, 0) is 4.43 Å². The van der Waals surface area contributed by atoms with Crippen molar-refractivity contribution in [2.45, 2.75) is 58.5 Å². The molecule has 17 heavy (non-hydrogen) atoms. The second kappa shape index (κ2) is 5.57. The number of hydrogen-bond acceptors (Lipinski definition) is 1. The van der Waals surface area contributed by atoms with E-state index in [9.17, 15) is 0 Å². The Kier molecular flexibility index (Phi) is 4.84. The summed E-state index contributed by atoms with van der Waals surface area (Å²) in [5, 5.41) is 0. The molecule has 0 saturated heterocycles. The van der Waals surface area contributed by atoms with Gasteiger partial charge in [-0.15, -0.1) is 0 Å². The minimum absolute atomic E-state index is 0.613. The standard InChI is InChI=1S/C14H28OSi2/c1-16(2,3)11-10-13-8-7-9-14(12-13)15-17(4,5)6/h10-13H,7-9H2,1-6H3/b11-10+. The van der Waals surface area contributed by atoms with Gasteiger partial charge in [0.1, 0.15) is 0 Å². The van der Waals surface area contributed by atoms with Crippen molar-refractivity contribution in [3.05, 3.63) is 23.6 Å². The zero-order valence-corrected chi connectivity index (χ0v) is 14.3. The lowest BCUT2D eigenvalue weighted by Crippen LogP contribution is -2.26. The maximum absolute atomic E-state index is 6.12. The molecular weight excluding hydrogens is 240 g/mol. The molecule has 1 unspecified atom stereocenters. The van der Waals surface area contributed by atoms with Crippen LogP contribution in [0.2, 0.25) is 39.3 Å². The smallest absolute Gasteiger partial charge is 0.241 e. The lowest BCUT2D eigenvalue weighted by Gasteiger charge is -2.26. The summed E-state index contributed by atoms with van der Waals surface area (Å²) in [7, 11) is -2.47. The predicted octanol–water partition coefficient (Wildman–Crippen LogP) is 4.96. The zero-order chi connectivity index (χ0) is 13.1. The molecule has 3 heteroatoms. The highest BCUT2D eigenvalue weighted by Crippen LogP contribution is 2.27. The molecule has 0 aromatic carbocycles. The van der Waals surface area contributed by atoms with Gasteiger partial charge < -0.3 is 4.43 Å². The Morgan fingerprint density at radius 2 is 1.82 bits per heavy atom. The van der Waals surface area contributed by atoms with Crippen molar-refractivity contribution in [1.82, 2.24) is 0 Å². The van der Waals surface area contributed by atoms with Crippen molar-refractivity contribution in [3.63, 3.8) is 0 Å². The summed E-state index contributed by atoms with van der Waals surface area (Å²) < 4.78 is 6.12. The van der Waals surface area contributed by atoms with Crippen LogP contribution in [0.1, 0.15) is 19.3 Å². The van der Waals surface area contributed by atoms with Gasteiger partial charge in [0.05, 0.1) is 13.8 Å². The summed E-state index contributed by atoms with van der Waals surface area (Å²) in [4.78, 5) is 0. The van der Waals surface area contributed by atoms with Crippen LogP contribution in [0.15, 0.2) is 23.6 Å². The molecule has 0 aromatic rings. The van der Waals surface area contributed by atoms with E-state index >= 15 is 0 Å². The fourth-order valence-corrected chi connectivity index (χ4v) is 3.74. The SMILES string of the molecule is C[Si](C)(C)/C=C/C1C=C(O[Si](C)(C)C)CCC1. The molecule has 0 fully saturated rings. The normalized spacial score (nSPS) is 22.7. The minimum Gasteiger partial charge on any atom is -0.548 e. The molecule has 0 saturated carbocycles. The Morgan fingerprint density at radius 3 is 2.35 bits per heavy atom. The molecule has 0 aliphatic heterocycles. The largest absolute Gasteiger partial charge is 0.548 e. The lowest BCUT2D eigenvalue weighted by molar-refractivity contribution is 0.369. The molecule has 0 N–H and O–H groups in total. The van der Waals surface area contributed by atoms with Crippen LogP contribution in [0.25, 0.3) is 0 Å². The molecule has 1 aliphatic carbocycles. The van der Waals surface area contributed by atoms with Crippen molar-refractivity contribution in [1.29, 1.82) is 0 Å². The maximum Gasteiger partial charge on any atom is 0.241 e. The van der Waals surface area contributed by atoms with E-state index < -0.39 is 16.4 Å². The van der Waals surface area contributed by atoms with E-state index in [1.165, 1.54) is 18.6 Å². The van der Waals surface area contributed by atoms with Crippen molar-refractivity contribution >= 4 is 16.4 Å². The summed E-state index contributed by atoms with van der Waals surface area (Å²) in [5.74, 6) is 1.86. The first kappa shape index (κ1) is 14.8. The van der Waals surface area contributed by atoms with Crippen molar-refractivity contribution in [2.24, 2.45) is 5.92 Å². The summed E-state index contributed by atoms with van der Waals surface area (Å²) in [6.07, 6.45) is 8.48. The van der Waals surface area contributed by atoms with Crippen LogP contribution in [0.3, 0.4) is 0 Å². The molecule has 98 valence electrons. The average Bonchev–Trinajstić information content (AvgIpc) is 2.11. The third kappa shape index (κ3) is 6.89. The molecule has 0 heterocycles. The number of hydrogen-bond donors (Lipinski definition) is 0. The van der Waals surface area contributed by atoms with Gasteiger partial charge >= 0.3 is 0 Å². The monoisotopic (exact) mass is 268 g/mol. The second-order valence-electron chi connectivity index (χ2n) is 7.13. The van der Waals surface area contributed by atoms with Crippen LogP contribution >= 0.6 is 0 Å². The van der Waals surface area contributed by atoms with Gasteiger partial charge in [-0.3, -0.25) is 0 Å². The summed E-state index contributed by atoms with van der Waals surface area (Å²) in [6.45, 7) is 13.9. The molecule has 0 radical (unpaired) electrons. The molecule has 1 nitrogen and oxygen atoms in total. The second-order valence-corrected chi connectivity index (χ2v) is 16.6. The first-order valence-corrected chi connectivity index (χ1v) is 13.7. The molecule has 1 atom stereocenters. The zero-order valence-electron chi connectivity index (χ0n) is 12.3. The first-order chi connectivity index (χ1) is 7.66. The number of allylic oxidation sites excluding steroid dienone is 3. The maximum atomic E-state index is 6.12. The van der Waals surface area contributed by atoms with Gasteiger partial charge in [-0.2, -0.15) is 0 Å². The van der Waals surface area contributed by atoms with E-state index in [0.29, 0.717) is 5.92 Å². The lowest BCUT2D eigenvalue weighted by atomic mass is 9.95.